The molecule has 0 heterocycles. The van der Waals surface area contributed by atoms with Crippen LogP contribution >= 0.6 is 0 Å². The van der Waals surface area contributed by atoms with Crippen molar-refractivity contribution < 1.29 is 24.5 Å². The smallest absolute Gasteiger partial charge is 0.305 e. The average Bonchev–Trinajstić information content (AvgIpc) is 3.51. The summed E-state index contributed by atoms with van der Waals surface area (Å²) in [5, 5.41) is 23.2. The Bertz CT molecular complexity index is 1270. The second kappa shape index (κ2) is 74.1. The molecule has 0 spiro atoms. The predicted molar refractivity (Wildman–Crippen MR) is 370 cm³/mol. The summed E-state index contributed by atoms with van der Waals surface area (Å²) in [5.41, 5.74) is 0. The molecule has 0 saturated heterocycles. The molecule has 3 N–H and O–H groups in total. The maximum atomic E-state index is 12.5. The number of hydrogen-bond acceptors (Lipinski definition) is 5. The number of amides is 1. The van der Waals surface area contributed by atoms with E-state index in [1.807, 2.05) is 0 Å². The quantitative estimate of drug-likeness (QED) is 0.0320. The first-order valence-corrected chi connectivity index (χ1v) is 38.9. The van der Waals surface area contributed by atoms with E-state index in [9.17, 15) is 19.8 Å². The highest BCUT2D eigenvalue weighted by atomic mass is 16.5. The third-order valence-electron chi connectivity index (χ3n) is 18.6. The number of allylic oxidation sites excluding steroid dienone is 2. The van der Waals surface area contributed by atoms with E-state index in [0.717, 1.165) is 38.5 Å². The maximum absolute atomic E-state index is 12.5. The molecule has 0 aliphatic heterocycles. The number of nitrogens with one attached hydrogen (secondary N) is 1. The van der Waals surface area contributed by atoms with Crippen molar-refractivity contribution in [3.8, 4) is 0 Å². The number of carbonyl (C=O) groups excluding carboxylic acids is 2. The molecule has 84 heavy (non-hydrogen) atoms. The third kappa shape index (κ3) is 69.7. The summed E-state index contributed by atoms with van der Waals surface area (Å²) in [6.45, 7) is 4.99. The van der Waals surface area contributed by atoms with Crippen LogP contribution in [0.2, 0.25) is 0 Å². The molecule has 0 aromatic carbocycles. The fraction of sp³-hybridized carbons (Fsp3) is 0.949. The van der Waals surface area contributed by atoms with Crippen molar-refractivity contribution in [3.63, 3.8) is 0 Å². The summed E-state index contributed by atoms with van der Waals surface area (Å²) in [7, 11) is 0. The lowest BCUT2D eigenvalue weighted by molar-refractivity contribution is -0.143. The lowest BCUT2D eigenvalue weighted by Crippen LogP contribution is -2.45. The molecule has 0 fully saturated rings. The molecule has 2 unspecified atom stereocenters. The van der Waals surface area contributed by atoms with Gasteiger partial charge in [0.25, 0.3) is 0 Å². The van der Waals surface area contributed by atoms with Gasteiger partial charge in [-0.1, -0.05) is 398 Å². The van der Waals surface area contributed by atoms with E-state index in [0.29, 0.717) is 25.9 Å². The second-order valence-electron chi connectivity index (χ2n) is 27.0. The molecule has 6 nitrogen and oxygen atoms in total. The molecule has 0 rings (SSSR count). The highest BCUT2D eigenvalue weighted by Crippen LogP contribution is 2.20. The molecular formula is C78H153NO5. The van der Waals surface area contributed by atoms with E-state index in [1.165, 1.54) is 379 Å². The van der Waals surface area contributed by atoms with Gasteiger partial charge in [0.15, 0.2) is 0 Å². The van der Waals surface area contributed by atoms with Crippen molar-refractivity contribution in [2.45, 2.75) is 463 Å². The molecule has 0 aromatic heterocycles. The third-order valence-corrected chi connectivity index (χ3v) is 18.6. The van der Waals surface area contributed by atoms with Crippen LogP contribution in [0.25, 0.3) is 0 Å². The van der Waals surface area contributed by atoms with Gasteiger partial charge in [-0.05, 0) is 51.4 Å². The van der Waals surface area contributed by atoms with Crippen molar-refractivity contribution in [2.75, 3.05) is 13.2 Å². The zero-order valence-corrected chi connectivity index (χ0v) is 57.4. The normalized spacial score (nSPS) is 12.5. The molecule has 0 aliphatic rings. The van der Waals surface area contributed by atoms with Crippen molar-refractivity contribution in [1.29, 1.82) is 0 Å². The zero-order chi connectivity index (χ0) is 60.6. The number of hydrogen-bond donors (Lipinski definition) is 3. The topological polar surface area (TPSA) is 95.9 Å². The Kier molecular flexibility index (Phi) is 72.8. The SMILES string of the molecule is CCCCCCCCCCCCCCCCCCCCC(=O)OCCCCCCCCCCCCCCCCCCCC/C=C\CCCCCCCCCCCCCCCCCCCC(=O)NC(CO)C(O)CCCCCCCCCCCC. The number of esters is 1. The first-order valence-electron chi connectivity index (χ1n) is 38.9. The summed E-state index contributed by atoms with van der Waals surface area (Å²) >= 11 is 0. The Morgan fingerprint density at radius 2 is 0.560 bits per heavy atom. The van der Waals surface area contributed by atoms with Gasteiger partial charge in [-0.25, -0.2) is 0 Å². The number of rotatable bonds is 74. The van der Waals surface area contributed by atoms with Crippen LogP contribution in [0, 0.1) is 0 Å². The van der Waals surface area contributed by atoms with Crippen molar-refractivity contribution in [3.05, 3.63) is 12.2 Å². The van der Waals surface area contributed by atoms with E-state index >= 15 is 0 Å². The van der Waals surface area contributed by atoms with Gasteiger partial charge in [0, 0.05) is 12.8 Å². The van der Waals surface area contributed by atoms with Gasteiger partial charge >= 0.3 is 5.97 Å². The van der Waals surface area contributed by atoms with Crippen LogP contribution in [0.5, 0.6) is 0 Å². The van der Waals surface area contributed by atoms with E-state index in [-0.39, 0.29) is 18.5 Å². The van der Waals surface area contributed by atoms with Gasteiger partial charge in [-0.3, -0.25) is 9.59 Å². The zero-order valence-electron chi connectivity index (χ0n) is 57.4. The molecule has 0 radical (unpaired) electrons. The number of aliphatic hydroxyl groups excluding tert-OH is 2. The number of ether oxygens (including phenoxy) is 1. The van der Waals surface area contributed by atoms with Gasteiger partial charge < -0.3 is 20.3 Å². The molecule has 500 valence electrons. The van der Waals surface area contributed by atoms with E-state index in [2.05, 4.69) is 31.3 Å². The van der Waals surface area contributed by atoms with Gasteiger partial charge in [0.05, 0.1) is 25.4 Å². The average molecular weight is 1190 g/mol. The van der Waals surface area contributed by atoms with Gasteiger partial charge in [0.2, 0.25) is 5.91 Å². The molecule has 2 atom stereocenters. The molecule has 0 saturated carbocycles. The standard InChI is InChI=1S/C78H153NO5/c1-3-5-7-9-11-13-15-16-17-18-43-46-49-52-56-60-64-68-72-78(83)84-73-69-65-61-57-53-50-47-44-41-39-37-35-33-31-29-27-25-23-21-19-20-22-24-26-28-30-32-34-36-38-40-42-45-48-51-55-59-63-67-71-77(82)79-75(74-80)76(81)70-66-62-58-54-14-12-10-8-6-4-2/h19-20,75-76,80-81H,3-18,21-74H2,1-2H3,(H,79,82)/b20-19-. The summed E-state index contributed by atoms with van der Waals surface area (Å²) in [6, 6.07) is -0.535. The largest absolute Gasteiger partial charge is 0.466 e. The molecule has 0 bridgehead atoms. The lowest BCUT2D eigenvalue weighted by atomic mass is 10.0. The van der Waals surface area contributed by atoms with Crippen LogP contribution in [0.1, 0.15) is 450 Å². The summed E-state index contributed by atoms with van der Waals surface area (Å²) in [6.07, 6.45) is 93.2. The predicted octanol–water partition coefficient (Wildman–Crippen LogP) is 25.5. The Morgan fingerprint density at radius 1 is 0.321 bits per heavy atom. The fourth-order valence-electron chi connectivity index (χ4n) is 12.6. The van der Waals surface area contributed by atoms with E-state index < -0.39 is 12.1 Å². The Morgan fingerprint density at radius 3 is 0.845 bits per heavy atom. The Hall–Kier alpha value is -1.40. The van der Waals surface area contributed by atoms with Crippen LogP contribution in [0.3, 0.4) is 0 Å². The number of carbonyl (C=O) groups is 2. The highest BCUT2D eigenvalue weighted by molar-refractivity contribution is 5.76. The maximum Gasteiger partial charge on any atom is 0.305 e. The first kappa shape index (κ1) is 82.6. The Labute approximate surface area is 527 Å². The molecular weight excluding hydrogens is 1030 g/mol. The van der Waals surface area contributed by atoms with Crippen molar-refractivity contribution >= 4 is 11.9 Å². The van der Waals surface area contributed by atoms with Crippen LogP contribution < -0.4 is 5.32 Å². The minimum atomic E-state index is -0.658. The lowest BCUT2D eigenvalue weighted by Gasteiger charge is -2.22. The summed E-state index contributed by atoms with van der Waals surface area (Å²) in [5.74, 6) is -0.00181. The Balaban J connectivity index is 3.27. The summed E-state index contributed by atoms with van der Waals surface area (Å²) < 4.78 is 5.52. The fourth-order valence-corrected chi connectivity index (χ4v) is 12.6. The van der Waals surface area contributed by atoms with Crippen molar-refractivity contribution in [2.24, 2.45) is 0 Å². The summed E-state index contributed by atoms with van der Waals surface area (Å²) in [4.78, 5) is 24.6. The monoisotopic (exact) mass is 1180 g/mol. The first-order chi connectivity index (χ1) is 41.5. The number of unbranched alkanes of at least 4 members (excludes halogenated alkanes) is 61. The highest BCUT2D eigenvalue weighted by Gasteiger charge is 2.20. The number of aliphatic hydroxyl groups is 2. The van der Waals surface area contributed by atoms with Crippen LogP contribution in [-0.2, 0) is 14.3 Å². The molecule has 0 aromatic rings. The van der Waals surface area contributed by atoms with E-state index in [1.54, 1.807) is 0 Å². The minimum absolute atomic E-state index is 0.0279. The van der Waals surface area contributed by atoms with Gasteiger partial charge in [-0.15, -0.1) is 0 Å². The molecule has 6 heteroatoms. The van der Waals surface area contributed by atoms with Gasteiger partial charge in [0.1, 0.15) is 0 Å². The molecule has 1 amide bonds. The van der Waals surface area contributed by atoms with Gasteiger partial charge in [-0.2, -0.15) is 0 Å². The minimum Gasteiger partial charge on any atom is -0.466 e. The van der Waals surface area contributed by atoms with Crippen LogP contribution in [0.15, 0.2) is 12.2 Å². The van der Waals surface area contributed by atoms with E-state index in [4.69, 9.17) is 4.74 Å². The van der Waals surface area contributed by atoms with Crippen molar-refractivity contribution in [1.82, 2.24) is 5.32 Å². The molecule has 0 aliphatic carbocycles. The van der Waals surface area contributed by atoms with Crippen LogP contribution in [-0.4, -0.2) is 47.4 Å². The van der Waals surface area contributed by atoms with Crippen LogP contribution in [0.4, 0.5) is 0 Å². The second-order valence-corrected chi connectivity index (χ2v) is 27.0.